The van der Waals surface area contributed by atoms with Crippen molar-refractivity contribution in [3.05, 3.63) is 80.2 Å². The number of benzene rings is 1. The maximum absolute atomic E-state index is 13.1. The maximum atomic E-state index is 13.1. The van der Waals surface area contributed by atoms with Gasteiger partial charge in [-0.15, -0.1) is 0 Å². The van der Waals surface area contributed by atoms with Gasteiger partial charge in [0.1, 0.15) is 23.0 Å². The van der Waals surface area contributed by atoms with E-state index >= 15 is 0 Å². The molecule has 0 amide bonds. The lowest BCUT2D eigenvalue weighted by molar-refractivity contribution is 0.518. The highest BCUT2D eigenvalue weighted by Crippen LogP contribution is 2.17. The fourth-order valence-electron chi connectivity index (χ4n) is 2.16. The fraction of sp³-hybridized carbons (Fsp3) is 0.125. The third-order valence-corrected chi connectivity index (χ3v) is 3.29. The number of hydrogen-bond acceptors (Lipinski definition) is 5. The molecule has 0 saturated heterocycles. The van der Waals surface area contributed by atoms with E-state index in [2.05, 4.69) is 10.6 Å². The maximum Gasteiger partial charge on any atom is 0.253 e. The Morgan fingerprint density at radius 1 is 0.955 bits per heavy atom. The van der Waals surface area contributed by atoms with Crippen molar-refractivity contribution in [3.8, 4) is 0 Å². The van der Waals surface area contributed by atoms with Crippen molar-refractivity contribution in [2.45, 2.75) is 13.1 Å². The summed E-state index contributed by atoms with van der Waals surface area (Å²) in [7, 11) is 0. The number of furan rings is 1. The van der Waals surface area contributed by atoms with Gasteiger partial charge in [0, 0.05) is 6.54 Å². The van der Waals surface area contributed by atoms with Crippen LogP contribution in [0.2, 0.25) is 0 Å². The van der Waals surface area contributed by atoms with Crippen LogP contribution in [0.4, 0.5) is 15.8 Å². The third-order valence-electron chi connectivity index (χ3n) is 3.29. The summed E-state index contributed by atoms with van der Waals surface area (Å²) in [6.07, 6.45) is 1.53. The summed E-state index contributed by atoms with van der Waals surface area (Å²) in [5, 5.41) is 5.75. The van der Waals surface area contributed by atoms with Crippen LogP contribution in [0, 0.1) is 5.82 Å². The van der Waals surface area contributed by atoms with E-state index in [9.17, 15) is 14.0 Å². The monoisotopic (exact) mass is 300 g/mol. The Kier molecular flexibility index (Phi) is 3.74. The number of hydrogen-bond donors (Lipinski definition) is 2. The minimum atomic E-state index is -0.571. The Morgan fingerprint density at radius 2 is 1.68 bits per heavy atom. The quantitative estimate of drug-likeness (QED) is 0.683. The molecular weight excluding hydrogens is 287 g/mol. The van der Waals surface area contributed by atoms with Gasteiger partial charge in [-0.25, -0.2) is 4.39 Å². The van der Waals surface area contributed by atoms with Crippen molar-refractivity contribution in [2.24, 2.45) is 0 Å². The van der Waals surface area contributed by atoms with Gasteiger partial charge >= 0.3 is 0 Å². The Labute approximate surface area is 125 Å². The molecule has 0 atom stereocenters. The molecule has 0 spiro atoms. The topological polar surface area (TPSA) is 71.3 Å². The highest BCUT2D eigenvalue weighted by Gasteiger charge is 2.20. The van der Waals surface area contributed by atoms with Crippen LogP contribution >= 0.6 is 0 Å². The van der Waals surface area contributed by atoms with Crippen molar-refractivity contribution in [1.29, 1.82) is 0 Å². The van der Waals surface area contributed by atoms with E-state index in [1.165, 1.54) is 18.4 Å². The summed E-state index contributed by atoms with van der Waals surface area (Å²) in [5.74, 6) is 0.310. The lowest BCUT2D eigenvalue weighted by Gasteiger charge is -2.14. The van der Waals surface area contributed by atoms with Crippen LogP contribution in [0.25, 0.3) is 0 Å². The zero-order chi connectivity index (χ0) is 15.5. The number of rotatable bonds is 6. The Balaban J connectivity index is 1.68. The number of nitrogens with one attached hydrogen (secondary N) is 2. The molecule has 0 aliphatic rings. The van der Waals surface area contributed by atoms with Crippen molar-refractivity contribution in [3.63, 3.8) is 0 Å². The second-order valence-corrected chi connectivity index (χ2v) is 4.82. The number of halogens is 1. The zero-order valence-corrected chi connectivity index (χ0v) is 11.6. The molecule has 1 aromatic heterocycles. The van der Waals surface area contributed by atoms with Crippen LogP contribution in [-0.4, -0.2) is 0 Å². The van der Waals surface area contributed by atoms with Crippen LogP contribution in [0.3, 0.4) is 0 Å². The summed E-state index contributed by atoms with van der Waals surface area (Å²) in [5.41, 5.74) is 0.00954. The van der Waals surface area contributed by atoms with E-state index in [0.717, 1.165) is 0 Å². The SMILES string of the molecule is O=c1c(NCc2cccc(F)c2)c(NCc2ccco2)c1=O. The van der Waals surface area contributed by atoms with Crippen molar-refractivity contribution in [2.75, 3.05) is 10.6 Å². The third kappa shape index (κ3) is 2.76. The van der Waals surface area contributed by atoms with E-state index in [4.69, 9.17) is 4.42 Å². The molecule has 0 bridgehead atoms. The summed E-state index contributed by atoms with van der Waals surface area (Å²) >= 11 is 0. The van der Waals surface area contributed by atoms with Gasteiger partial charge in [0.25, 0.3) is 10.9 Å². The van der Waals surface area contributed by atoms with E-state index in [-0.39, 0.29) is 23.7 Å². The van der Waals surface area contributed by atoms with Gasteiger partial charge in [0.2, 0.25) is 0 Å². The predicted molar refractivity (Wildman–Crippen MR) is 81.1 cm³/mol. The minimum Gasteiger partial charge on any atom is -0.467 e. The first-order chi connectivity index (χ1) is 10.6. The highest BCUT2D eigenvalue weighted by atomic mass is 19.1. The van der Waals surface area contributed by atoms with Gasteiger partial charge < -0.3 is 15.1 Å². The molecule has 1 heterocycles. The summed E-state index contributed by atoms with van der Waals surface area (Å²) in [6, 6.07) is 9.54. The Morgan fingerprint density at radius 3 is 2.32 bits per heavy atom. The highest BCUT2D eigenvalue weighted by molar-refractivity contribution is 5.73. The molecule has 0 unspecified atom stereocenters. The summed E-state index contributed by atoms with van der Waals surface area (Å²) < 4.78 is 18.2. The largest absolute Gasteiger partial charge is 0.467 e. The molecule has 6 heteroatoms. The van der Waals surface area contributed by atoms with Gasteiger partial charge in [-0.1, -0.05) is 12.1 Å². The minimum absolute atomic E-state index is 0.223. The van der Waals surface area contributed by atoms with E-state index < -0.39 is 10.9 Å². The first kappa shape index (κ1) is 14.1. The van der Waals surface area contributed by atoms with Gasteiger partial charge in [-0.2, -0.15) is 0 Å². The van der Waals surface area contributed by atoms with Gasteiger partial charge in [-0.3, -0.25) is 9.59 Å². The molecule has 3 rings (SSSR count). The molecule has 2 N–H and O–H groups in total. The van der Waals surface area contributed by atoms with Crippen molar-refractivity contribution in [1.82, 2.24) is 0 Å². The summed E-state index contributed by atoms with van der Waals surface area (Å²) in [4.78, 5) is 23.2. The van der Waals surface area contributed by atoms with E-state index in [1.807, 2.05) is 0 Å². The standard InChI is InChI=1S/C16H13FN2O3/c17-11-4-1-3-10(7-11)8-18-13-14(16(21)15(13)20)19-9-12-5-2-6-22-12/h1-7,18-19H,8-9H2. The van der Waals surface area contributed by atoms with Gasteiger partial charge in [0.05, 0.1) is 12.8 Å². The van der Waals surface area contributed by atoms with Crippen LogP contribution in [0.5, 0.6) is 0 Å². The van der Waals surface area contributed by atoms with Crippen LogP contribution in [0.15, 0.2) is 56.7 Å². The lowest BCUT2D eigenvalue weighted by Crippen LogP contribution is -2.37. The van der Waals surface area contributed by atoms with Crippen molar-refractivity contribution >= 4 is 11.4 Å². The second kappa shape index (κ2) is 5.85. The summed E-state index contributed by atoms with van der Waals surface area (Å²) in [6.45, 7) is 0.574. The number of anilines is 2. The zero-order valence-electron chi connectivity index (χ0n) is 11.6. The molecule has 112 valence electrons. The molecule has 3 aromatic rings. The Hall–Kier alpha value is -2.89. The first-order valence-electron chi connectivity index (χ1n) is 6.73. The predicted octanol–water partition coefficient (Wildman–Crippen LogP) is 2.24. The van der Waals surface area contributed by atoms with Crippen LogP contribution in [-0.2, 0) is 13.1 Å². The second-order valence-electron chi connectivity index (χ2n) is 4.82. The molecule has 5 nitrogen and oxygen atoms in total. The fourth-order valence-corrected chi connectivity index (χ4v) is 2.16. The molecule has 0 aliphatic carbocycles. The average molecular weight is 300 g/mol. The smallest absolute Gasteiger partial charge is 0.253 e. The molecule has 22 heavy (non-hydrogen) atoms. The van der Waals surface area contributed by atoms with Crippen LogP contribution in [0.1, 0.15) is 11.3 Å². The molecule has 2 aromatic carbocycles. The molecule has 0 radical (unpaired) electrons. The molecule has 0 saturated carbocycles. The van der Waals surface area contributed by atoms with Crippen LogP contribution < -0.4 is 21.5 Å². The Bertz CT molecular complexity index is 849. The first-order valence-corrected chi connectivity index (χ1v) is 6.73. The lowest BCUT2D eigenvalue weighted by atomic mass is 10.1. The van der Waals surface area contributed by atoms with Gasteiger partial charge in [0.15, 0.2) is 0 Å². The van der Waals surface area contributed by atoms with E-state index in [0.29, 0.717) is 17.9 Å². The molecule has 0 fully saturated rings. The molecule has 0 aliphatic heterocycles. The average Bonchev–Trinajstić information content (AvgIpc) is 3.03. The van der Waals surface area contributed by atoms with Gasteiger partial charge in [-0.05, 0) is 29.8 Å². The van der Waals surface area contributed by atoms with E-state index in [1.54, 1.807) is 24.3 Å². The molecular formula is C16H13FN2O3. The normalized spacial score (nSPS) is 10.8. The van der Waals surface area contributed by atoms with Crippen molar-refractivity contribution < 1.29 is 8.81 Å².